The Morgan fingerprint density at radius 2 is 2.40 bits per heavy atom. The molecule has 3 heterocycles. The highest BCUT2D eigenvalue weighted by Crippen LogP contribution is 2.20. The molecule has 3 rings (SSSR count). The highest BCUT2D eigenvalue weighted by molar-refractivity contribution is 5.61. The first kappa shape index (κ1) is 13.3. The number of H-pyrrole nitrogens is 1. The molecule has 5 heteroatoms. The largest absolute Gasteiger partial charge is 0.378 e. The first-order chi connectivity index (χ1) is 9.83. The Balaban J connectivity index is 1.65. The van der Waals surface area contributed by atoms with Gasteiger partial charge < -0.3 is 10.1 Å². The number of nitrogens with one attached hydrogen (secondary N) is 2. The van der Waals surface area contributed by atoms with Crippen molar-refractivity contribution in [3.63, 3.8) is 0 Å². The van der Waals surface area contributed by atoms with E-state index in [0.29, 0.717) is 12.1 Å². The lowest BCUT2D eigenvalue weighted by molar-refractivity contribution is 0.0130. The van der Waals surface area contributed by atoms with Gasteiger partial charge in [0, 0.05) is 42.7 Å². The third kappa shape index (κ3) is 3.05. The summed E-state index contributed by atoms with van der Waals surface area (Å²) in [5.41, 5.74) is 3.30. The Hall–Kier alpha value is -1.72. The zero-order chi connectivity index (χ0) is 13.8. The van der Waals surface area contributed by atoms with Gasteiger partial charge in [-0.1, -0.05) is 0 Å². The monoisotopic (exact) mass is 272 g/mol. The van der Waals surface area contributed by atoms with Crippen LogP contribution in [0, 0.1) is 0 Å². The van der Waals surface area contributed by atoms with Crippen LogP contribution in [0.3, 0.4) is 0 Å². The zero-order valence-corrected chi connectivity index (χ0v) is 11.7. The molecule has 2 N–H and O–H groups in total. The molecule has 0 aliphatic carbocycles. The predicted octanol–water partition coefficient (Wildman–Crippen LogP) is 2.13. The van der Waals surface area contributed by atoms with Gasteiger partial charge in [-0.05, 0) is 31.9 Å². The van der Waals surface area contributed by atoms with E-state index in [0.717, 1.165) is 37.3 Å². The van der Waals surface area contributed by atoms with Crippen molar-refractivity contribution in [2.24, 2.45) is 0 Å². The molecule has 20 heavy (non-hydrogen) atoms. The van der Waals surface area contributed by atoms with Gasteiger partial charge in [-0.25, -0.2) is 0 Å². The molecule has 2 unspecified atom stereocenters. The lowest BCUT2D eigenvalue weighted by Gasteiger charge is -2.28. The van der Waals surface area contributed by atoms with E-state index >= 15 is 0 Å². The summed E-state index contributed by atoms with van der Waals surface area (Å²) in [5.74, 6) is 0. The summed E-state index contributed by atoms with van der Waals surface area (Å²) in [4.78, 5) is 4.16. The summed E-state index contributed by atoms with van der Waals surface area (Å²) in [6.07, 6.45) is 8.01. The molecule has 0 aromatic carbocycles. The highest BCUT2D eigenvalue weighted by atomic mass is 16.5. The molecule has 1 saturated heterocycles. The topological polar surface area (TPSA) is 62.8 Å². The Morgan fingerprint density at radius 3 is 3.20 bits per heavy atom. The van der Waals surface area contributed by atoms with Gasteiger partial charge in [-0.3, -0.25) is 10.1 Å². The summed E-state index contributed by atoms with van der Waals surface area (Å²) < 4.78 is 5.57. The molecule has 0 spiro atoms. The lowest BCUT2D eigenvalue weighted by Crippen LogP contribution is -2.37. The smallest absolute Gasteiger partial charge is 0.0710 e. The van der Waals surface area contributed by atoms with E-state index in [4.69, 9.17) is 4.74 Å². The van der Waals surface area contributed by atoms with Crippen molar-refractivity contribution in [3.8, 4) is 11.3 Å². The second-order valence-corrected chi connectivity index (χ2v) is 5.30. The molecular weight excluding hydrogens is 252 g/mol. The minimum atomic E-state index is 0.350. The van der Waals surface area contributed by atoms with E-state index in [1.807, 2.05) is 24.5 Å². The SMILES string of the molecule is CC1CC(NCc2cn[nH]c2-c2cccnc2)CCO1. The van der Waals surface area contributed by atoms with Gasteiger partial charge in [0.2, 0.25) is 0 Å². The minimum absolute atomic E-state index is 0.350. The number of rotatable bonds is 4. The molecule has 1 fully saturated rings. The fraction of sp³-hybridized carbons (Fsp3) is 0.467. The first-order valence-corrected chi connectivity index (χ1v) is 7.10. The molecule has 1 aliphatic rings. The summed E-state index contributed by atoms with van der Waals surface area (Å²) in [7, 11) is 0. The van der Waals surface area contributed by atoms with Crippen LogP contribution in [0.15, 0.2) is 30.7 Å². The number of hydrogen-bond acceptors (Lipinski definition) is 4. The molecule has 2 aromatic rings. The van der Waals surface area contributed by atoms with Crippen molar-refractivity contribution in [1.82, 2.24) is 20.5 Å². The van der Waals surface area contributed by atoms with Crippen molar-refractivity contribution in [3.05, 3.63) is 36.3 Å². The first-order valence-electron chi connectivity index (χ1n) is 7.10. The van der Waals surface area contributed by atoms with Crippen molar-refractivity contribution >= 4 is 0 Å². The Morgan fingerprint density at radius 1 is 1.45 bits per heavy atom. The van der Waals surface area contributed by atoms with Crippen LogP contribution >= 0.6 is 0 Å². The minimum Gasteiger partial charge on any atom is -0.378 e. The van der Waals surface area contributed by atoms with Gasteiger partial charge in [-0.15, -0.1) is 0 Å². The third-order valence-corrected chi connectivity index (χ3v) is 3.73. The van der Waals surface area contributed by atoms with Crippen LogP contribution in [-0.2, 0) is 11.3 Å². The number of aromatic nitrogens is 3. The van der Waals surface area contributed by atoms with Crippen molar-refractivity contribution in [2.75, 3.05) is 6.61 Å². The molecule has 0 saturated carbocycles. The maximum Gasteiger partial charge on any atom is 0.0710 e. The molecule has 0 bridgehead atoms. The maximum atomic E-state index is 5.57. The highest BCUT2D eigenvalue weighted by Gasteiger charge is 2.19. The maximum absolute atomic E-state index is 5.57. The van der Waals surface area contributed by atoms with Crippen LogP contribution in [0.5, 0.6) is 0 Å². The zero-order valence-electron chi connectivity index (χ0n) is 11.7. The number of pyridine rings is 1. The third-order valence-electron chi connectivity index (χ3n) is 3.73. The van der Waals surface area contributed by atoms with E-state index in [9.17, 15) is 0 Å². The molecule has 106 valence electrons. The summed E-state index contributed by atoms with van der Waals surface area (Å²) in [5, 5.41) is 10.8. The van der Waals surface area contributed by atoms with Gasteiger partial charge in [0.05, 0.1) is 18.0 Å². The van der Waals surface area contributed by atoms with Gasteiger partial charge in [0.25, 0.3) is 0 Å². The van der Waals surface area contributed by atoms with Gasteiger partial charge in [-0.2, -0.15) is 5.10 Å². The van der Waals surface area contributed by atoms with Crippen LogP contribution in [0.1, 0.15) is 25.3 Å². The van der Waals surface area contributed by atoms with Gasteiger partial charge >= 0.3 is 0 Å². The van der Waals surface area contributed by atoms with Crippen LogP contribution in [0.25, 0.3) is 11.3 Å². The Bertz CT molecular complexity index is 540. The second kappa shape index (κ2) is 6.15. The molecule has 2 atom stereocenters. The fourth-order valence-corrected chi connectivity index (χ4v) is 2.64. The Labute approximate surface area is 118 Å². The average molecular weight is 272 g/mol. The molecule has 5 nitrogen and oxygen atoms in total. The van der Waals surface area contributed by atoms with E-state index in [2.05, 4.69) is 27.4 Å². The second-order valence-electron chi connectivity index (χ2n) is 5.30. The lowest BCUT2D eigenvalue weighted by atomic mass is 10.0. The van der Waals surface area contributed by atoms with E-state index in [1.54, 1.807) is 6.20 Å². The van der Waals surface area contributed by atoms with Crippen LogP contribution in [0.4, 0.5) is 0 Å². The molecule has 0 amide bonds. The molecule has 0 radical (unpaired) electrons. The van der Waals surface area contributed by atoms with Crippen LogP contribution in [-0.4, -0.2) is 33.9 Å². The summed E-state index contributed by atoms with van der Waals surface area (Å²) in [6, 6.07) is 4.50. The summed E-state index contributed by atoms with van der Waals surface area (Å²) in [6.45, 7) is 3.80. The predicted molar refractivity (Wildman–Crippen MR) is 77.1 cm³/mol. The average Bonchev–Trinajstić information content (AvgIpc) is 2.95. The van der Waals surface area contributed by atoms with Crippen LogP contribution in [0.2, 0.25) is 0 Å². The van der Waals surface area contributed by atoms with E-state index < -0.39 is 0 Å². The molecule has 1 aliphatic heterocycles. The van der Waals surface area contributed by atoms with Crippen molar-refractivity contribution < 1.29 is 4.74 Å². The van der Waals surface area contributed by atoms with Crippen molar-refractivity contribution in [2.45, 2.75) is 38.5 Å². The molecular formula is C15H20N4O. The number of ether oxygens (including phenoxy) is 1. The van der Waals surface area contributed by atoms with Gasteiger partial charge in [0.15, 0.2) is 0 Å². The van der Waals surface area contributed by atoms with Gasteiger partial charge in [0.1, 0.15) is 0 Å². The number of hydrogen-bond donors (Lipinski definition) is 2. The fourth-order valence-electron chi connectivity index (χ4n) is 2.64. The van der Waals surface area contributed by atoms with E-state index in [1.165, 1.54) is 5.56 Å². The molecule has 2 aromatic heterocycles. The normalized spacial score (nSPS) is 22.9. The number of aromatic amines is 1. The summed E-state index contributed by atoms with van der Waals surface area (Å²) >= 11 is 0. The van der Waals surface area contributed by atoms with Crippen molar-refractivity contribution in [1.29, 1.82) is 0 Å². The number of nitrogens with zero attached hydrogens (tertiary/aromatic N) is 2. The van der Waals surface area contributed by atoms with Crippen LogP contribution < -0.4 is 5.32 Å². The Kier molecular flexibility index (Phi) is 4.08. The standard InChI is InChI=1S/C15H20N4O/c1-11-7-14(4-6-20-11)17-9-13-10-18-19-15(13)12-3-2-5-16-8-12/h2-3,5,8,10-11,14,17H,4,6-7,9H2,1H3,(H,18,19). The van der Waals surface area contributed by atoms with E-state index in [-0.39, 0.29) is 0 Å². The quantitative estimate of drug-likeness (QED) is 0.895.